The van der Waals surface area contributed by atoms with Crippen LogP contribution in [0.2, 0.25) is 0 Å². The minimum absolute atomic E-state index is 0. The monoisotopic (exact) mass is 394 g/mol. The highest BCUT2D eigenvalue weighted by Crippen LogP contribution is 2.27. The van der Waals surface area contributed by atoms with Gasteiger partial charge in [-0.2, -0.15) is 0 Å². The molecule has 3 nitrogen and oxygen atoms in total. The molecular weight excluding hydrogens is 376 g/mol. The van der Waals surface area contributed by atoms with Gasteiger partial charge in [-0.25, -0.2) is 0 Å². The molecule has 3 rings (SSSR count). The van der Waals surface area contributed by atoms with Crippen molar-refractivity contribution >= 4 is 34.2 Å². The first-order valence-electron chi connectivity index (χ1n) is 7.49. The molecule has 1 aliphatic heterocycles. The summed E-state index contributed by atoms with van der Waals surface area (Å²) in [6.07, 6.45) is 1.25. The maximum Gasteiger partial charge on any atom is 0.224 e. The van der Waals surface area contributed by atoms with Crippen LogP contribution in [0.3, 0.4) is 0 Å². The lowest BCUT2D eigenvalue weighted by molar-refractivity contribution is -0.132. The zero-order valence-electron chi connectivity index (χ0n) is 12.7. The lowest BCUT2D eigenvalue weighted by Gasteiger charge is -2.30. The molecule has 1 unspecified atom stereocenters. The van der Waals surface area contributed by atoms with E-state index in [-0.39, 0.29) is 24.4 Å². The van der Waals surface area contributed by atoms with Gasteiger partial charge in [0.25, 0.3) is 0 Å². The number of amides is 1. The molecule has 1 aliphatic rings. The van der Waals surface area contributed by atoms with Crippen LogP contribution in [0.5, 0.6) is 0 Å². The van der Waals surface area contributed by atoms with E-state index in [4.69, 9.17) is 5.73 Å². The predicted molar refractivity (Wildman–Crippen MR) is 98.5 cm³/mol. The average molecular weight is 396 g/mol. The van der Waals surface area contributed by atoms with Gasteiger partial charge in [0.05, 0.1) is 0 Å². The van der Waals surface area contributed by atoms with Gasteiger partial charge in [-0.1, -0.05) is 58.4 Å². The number of halogens is 2. The summed E-state index contributed by atoms with van der Waals surface area (Å²) in [5, 5.41) is 0. The van der Waals surface area contributed by atoms with Crippen LogP contribution in [0.25, 0.3) is 0 Å². The highest BCUT2D eigenvalue weighted by molar-refractivity contribution is 9.10. The smallest absolute Gasteiger partial charge is 0.224 e. The quantitative estimate of drug-likeness (QED) is 0.858. The van der Waals surface area contributed by atoms with Crippen LogP contribution in [0, 0.1) is 0 Å². The first kappa shape index (κ1) is 18.0. The van der Waals surface area contributed by atoms with Gasteiger partial charge in [0.15, 0.2) is 0 Å². The summed E-state index contributed by atoms with van der Waals surface area (Å²) < 4.78 is 1.08. The molecule has 23 heavy (non-hydrogen) atoms. The molecule has 1 atom stereocenters. The molecule has 1 heterocycles. The van der Waals surface area contributed by atoms with Crippen LogP contribution in [0.4, 0.5) is 0 Å². The third kappa shape index (κ3) is 4.14. The molecule has 5 heteroatoms. The number of benzene rings is 2. The van der Waals surface area contributed by atoms with Crippen LogP contribution in [-0.4, -0.2) is 17.4 Å². The third-order valence-corrected chi connectivity index (χ3v) is 4.93. The normalized spacial score (nSPS) is 14.6. The molecule has 2 N–H and O–H groups in total. The Hall–Kier alpha value is -1.36. The third-order valence-electron chi connectivity index (χ3n) is 4.19. The fourth-order valence-electron chi connectivity index (χ4n) is 2.89. The summed E-state index contributed by atoms with van der Waals surface area (Å²) in [4.78, 5) is 14.4. The molecule has 0 aliphatic carbocycles. The Balaban J connectivity index is 0.00000192. The maximum atomic E-state index is 12.5. The summed E-state index contributed by atoms with van der Waals surface area (Å²) in [5.41, 5.74) is 9.72. The topological polar surface area (TPSA) is 46.3 Å². The number of carbonyl (C=O) groups excluding carboxylic acids is 1. The second-order valence-corrected chi connectivity index (χ2v) is 6.52. The van der Waals surface area contributed by atoms with Crippen molar-refractivity contribution in [3.05, 3.63) is 69.7 Å². The molecule has 0 spiro atoms. The van der Waals surface area contributed by atoms with Crippen LogP contribution < -0.4 is 5.73 Å². The van der Waals surface area contributed by atoms with E-state index in [1.807, 2.05) is 47.4 Å². The number of rotatable bonds is 3. The molecule has 0 fully saturated rings. The average Bonchev–Trinajstić information content (AvgIpc) is 2.55. The highest BCUT2D eigenvalue weighted by atomic mass is 79.9. The van der Waals surface area contributed by atoms with Gasteiger partial charge in [-0.3, -0.25) is 4.79 Å². The van der Waals surface area contributed by atoms with E-state index in [0.717, 1.165) is 23.0 Å². The molecule has 0 saturated carbocycles. The number of nitrogens with two attached hydrogens (primary N) is 1. The SMILES string of the molecule is Cl.NC(CC(=O)N1CCc2cccc(Br)c2C1)c1ccccc1. The Morgan fingerprint density at radius 2 is 1.91 bits per heavy atom. The number of hydrogen-bond acceptors (Lipinski definition) is 2. The zero-order chi connectivity index (χ0) is 15.5. The van der Waals surface area contributed by atoms with E-state index >= 15 is 0 Å². The molecular formula is C18H20BrClN2O. The summed E-state index contributed by atoms with van der Waals surface area (Å²) in [7, 11) is 0. The predicted octanol–water partition coefficient (Wildman–Crippen LogP) is 3.85. The fourth-order valence-corrected chi connectivity index (χ4v) is 3.42. The summed E-state index contributed by atoms with van der Waals surface area (Å²) in [6, 6.07) is 15.8. The minimum Gasteiger partial charge on any atom is -0.338 e. The second kappa shape index (κ2) is 7.95. The Morgan fingerprint density at radius 3 is 2.65 bits per heavy atom. The fraction of sp³-hybridized carbons (Fsp3) is 0.278. The molecule has 2 aromatic rings. The van der Waals surface area contributed by atoms with Crippen molar-refractivity contribution in [2.75, 3.05) is 6.54 Å². The van der Waals surface area contributed by atoms with Gasteiger partial charge in [-0.05, 0) is 29.2 Å². The van der Waals surface area contributed by atoms with E-state index in [1.165, 1.54) is 11.1 Å². The van der Waals surface area contributed by atoms with Crippen molar-refractivity contribution in [1.82, 2.24) is 4.90 Å². The van der Waals surface area contributed by atoms with E-state index in [2.05, 4.69) is 22.0 Å². The van der Waals surface area contributed by atoms with Gasteiger partial charge < -0.3 is 10.6 Å². The number of hydrogen-bond donors (Lipinski definition) is 1. The van der Waals surface area contributed by atoms with E-state index in [9.17, 15) is 4.79 Å². The Kier molecular flexibility index (Phi) is 6.22. The van der Waals surface area contributed by atoms with Crippen LogP contribution >= 0.6 is 28.3 Å². The lowest BCUT2D eigenvalue weighted by atomic mass is 9.98. The number of fused-ring (bicyclic) bond motifs is 1. The van der Waals surface area contributed by atoms with E-state index in [1.54, 1.807) is 0 Å². The molecule has 0 saturated heterocycles. The molecule has 0 bridgehead atoms. The first-order chi connectivity index (χ1) is 10.6. The standard InChI is InChI=1S/C18H19BrN2O.ClH/c19-16-8-4-7-13-9-10-21(12-15(13)16)18(22)11-17(20)14-5-2-1-3-6-14;/h1-8,17H,9-12,20H2;1H. The molecule has 0 radical (unpaired) electrons. The largest absolute Gasteiger partial charge is 0.338 e. The first-order valence-corrected chi connectivity index (χ1v) is 8.29. The van der Waals surface area contributed by atoms with E-state index in [0.29, 0.717) is 13.0 Å². The number of nitrogens with zero attached hydrogens (tertiary/aromatic N) is 1. The van der Waals surface area contributed by atoms with Gasteiger partial charge >= 0.3 is 0 Å². The summed E-state index contributed by atoms with van der Waals surface area (Å²) in [6.45, 7) is 1.43. The van der Waals surface area contributed by atoms with Crippen molar-refractivity contribution in [3.63, 3.8) is 0 Å². The van der Waals surface area contributed by atoms with Gasteiger partial charge in [-0.15, -0.1) is 12.4 Å². The zero-order valence-corrected chi connectivity index (χ0v) is 15.1. The van der Waals surface area contributed by atoms with Gasteiger partial charge in [0.2, 0.25) is 5.91 Å². The molecule has 122 valence electrons. The Bertz CT molecular complexity index is 678. The summed E-state index contributed by atoms with van der Waals surface area (Å²) >= 11 is 3.58. The van der Waals surface area contributed by atoms with Crippen molar-refractivity contribution in [3.8, 4) is 0 Å². The maximum absolute atomic E-state index is 12.5. The minimum atomic E-state index is -0.241. The molecule has 0 aromatic heterocycles. The van der Waals surface area contributed by atoms with Crippen molar-refractivity contribution in [2.24, 2.45) is 5.73 Å². The Morgan fingerprint density at radius 1 is 1.17 bits per heavy atom. The van der Waals surface area contributed by atoms with Gasteiger partial charge in [0.1, 0.15) is 0 Å². The second-order valence-electron chi connectivity index (χ2n) is 5.66. The van der Waals surface area contributed by atoms with Crippen molar-refractivity contribution in [2.45, 2.75) is 25.4 Å². The van der Waals surface area contributed by atoms with Crippen LogP contribution in [0.1, 0.15) is 29.2 Å². The molecule has 2 aromatic carbocycles. The summed E-state index contributed by atoms with van der Waals surface area (Å²) in [5.74, 6) is 0.123. The lowest BCUT2D eigenvalue weighted by Crippen LogP contribution is -2.37. The van der Waals surface area contributed by atoms with E-state index < -0.39 is 0 Å². The highest BCUT2D eigenvalue weighted by Gasteiger charge is 2.23. The van der Waals surface area contributed by atoms with Crippen LogP contribution in [0.15, 0.2) is 53.0 Å². The van der Waals surface area contributed by atoms with Gasteiger partial charge in [0, 0.05) is 30.0 Å². The van der Waals surface area contributed by atoms with Crippen molar-refractivity contribution < 1.29 is 4.79 Å². The van der Waals surface area contributed by atoms with Crippen LogP contribution in [-0.2, 0) is 17.8 Å². The Labute approximate surface area is 151 Å². The van der Waals surface area contributed by atoms with Crippen molar-refractivity contribution in [1.29, 1.82) is 0 Å². The molecule has 1 amide bonds. The number of carbonyl (C=O) groups is 1.